The molecule has 0 spiro atoms. The SMILES string of the molecule is NC1C2CCCC1CC(C(=O)NC1COc3ccc(Cl)cc31)C2. The summed E-state index contributed by atoms with van der Waals surface area (Å²) in [5, 5.41) is 3.85. The van der Waals surface area contributed by atoms with Gasteiger partial charge < -0.3 is 15.8 Å². The van der Waals surface area contributed by atoms with Crippen molar-refractivity contribution in [3.63, 3.8) is 0 Å². The fourth-order valence-electron chi connectivity index (χ4n) is 4.60. The van der Waals surface area contributed by atoms with Gasteiger partial charge in [-0.15, -0.1) is 0 Å². The van der Waals surface area contributed by atoms with Gasteiger partial charge in [-0.3, -0.25) is 4.79 Å². The number of hydrogen-bond acceptors (Lipinski definition) is 3. The van der Waals surface area contributed by atoms with E-state index in [4.69, 9.17) is 22.1 Å². The zero-order chi connectivity index (χ0) is 16.0. The number of carbonyl (C=O) groups excluding carboxylic acids is 1. The molecule has 2 aliphatic carbocycles. The van der Waals surface area contributed by atoms with Crippen molar-refractivity contribution in [1.29, 1.82) is 0 Å². The van der Waals surface area contributed by atoms with Crippen LogP contribution in [0, 0.1) is 17.8 Å². The third-order valence-corrected chi connectivity index (χ3v) is 6.09. The first-order chi connectivity index (χ1) is 11.1. The molecule has 1 heterocycles. The second kappa shape index (κ2) is 5.99. The van der Waals surface area contributed by atoms with Crippen LogP contribution < -0.4 is 15.8 Å². The van der Waals surface area contributed by atoms with Crippen LogP contribution in [0.3, 0.4) is 0 Å². The van der Waals surface area contributed by atoms with E-state index in [1.54, 1.807) is 0 Å². The molecule has 1 aromatic carbocycles. The number of ether oxygens (including phenoxy) is 1. The first-order valence-corrected chi connectivity index (χ1v) is 8.98. The minimum Gasteiger partial charge on any atom is -0.491 e. The summed E-state index contributed by atoms with van der Waals surface area (Å²) in [6.07, 6.45) is 5.47. The molecule has 4 rings (SSSR count). The van der Waals surface area contributed by atoms with E-state index in [0.29, 0.717) is 29.5 Å². The molecule has 1 amide bonds. The second-order valence-corrected chi connectivity index (χ2v) is 7.69. The summed E-state index contributed by atoms with van der Waals surface area (Å²) >= 11 is 6.07. The van der Waals surface area contributed by atoms with Gasteiger partial charge in [0.05, 0.1) is 6.04 Å². The van der Waals surface area contributed by atoms with Gasteiger partial charge in [-0.05, 0) is 55.7 Å². The lowest BCUT2D eigenvalue weighted by atomic mass is 9.65. The Balaban J connectivity index is 1.44. The fourth-order valence-corrected chi connectivity index (χ4v) is 4.78. The van der Waals surface area contributed by atoms with E-state index in [1.807, 2.05) is 18.2 Å². The first kappa shape index (κ1) is 15.3. The maximum atomic E-state index is 12.7. The molecular weight excluding hydrogens is 312 g/mol. The van der Waals surface area contributed by atoms with Crippen molar-refractivity contribution in [1.82, 2.24) is 5.32 Å². The molecule has 1 aliphatic heterocycles. The van der Waals surface area contributed by atoms with Crippen LogP contribution in [0.25, 0.3) is 0 Å². The Morgan fingerprint density at radius 1 is 1.26 bits per heavy atom. The van der Waals surface area contributed by atoms with Crippen LogP contribution in [0.4, 0.5) is 0 Å². The third kappa shape index (κ3) is 2.83. The summed E-state index contributed by atoms with van der Waals surface area (Å²) in [5.41, 5.74) is 7.31. The topological polar surface area (TPSA) is 64.4 Å². The Bertz CT molecular complexity index is 607. The van der Waals surface area contributed by atoms with E-state index in [0.717, 1.165) is 24.2 Å². The van der Waals surface area contributed by atoms with Crippen LogP contribution in [0.2, 0.25) is 5.02 Å². The lowest BCUT2D eigenvalue weighted by Gasteiger charge is -2.43. The Labute approximate surface area is 141 Å². The molecule has 0 saturated heterocycles. The standard InChI is InChI=1S/C18H23ClN2O2/c19-13-4-5-16-14(8-13)15(9-23-16)21-18(22)12-6-10-2-1-3-11(7-12)17(10)20/h4-5,8,10-12,15,17H,1-3,6-7,9,20H2,(H,21,22). The number of nitrogens with one attached hydrogen (secondary N) is 1. The summed E-state index contributed by atoms with van der Waals surface area (Å²) in [5.74, 6) is 2.09. The van der Waals surface area contributed by atoms with Gasteiger partial charge in [0.15, 0.2) is 0 Å². The van der Waals surface area contributed by atoms with Crippen molar-refractivity contribution in [2.45, 2.75) is 44.2 Å². The molecule has 0 radical (unpaired) electrons. The van der Waals surface area contributed by atoms with E-state index in [9.17, 15) is 4.79 Å². The molecule has 2 bridgehead atoms. The Kier molecular flexibility index (Phi) is 3.98. The van der Waals surface area contributed by atoms with E-state index in [2.05, 4.69) is 5.32 Å². The second-order valence-electron chi connectivity index (χ2n) is 7.25. The van der Waals surface area contributed by atoms with Gasteiger partial charge in [0.1, 0.15) is 12.4 Å². The Morgan fingerprint density at radius 3 is 2.74 bits per heavy atom. The Morgan fingerprint density at radius 2 is 2.00 bits per heavy atom. The van der Waals surface area contributed by atoms with Gasteiger partial charge in [0.25, 0.3) is 0 Å². The van der Waals surface area contributed by atoms with Crippen molar-refractivity contribution in [3.8, 4) is 5.75 Å². The summed E-state index contributed by atoms with van der Waals surface area (Å²) < 4.78 is 5.65. The van der Waals surface area contributed by atoms with Gasteiger partial charge >= 0.3 is 0 Å². The van der Waals surface area contributed by atoms with Crippen molar-refractivity contribution < 1.29 is 9.53 Å². The van der Waals surface area contributed by atoms with Crippen LogP contribution in [0.15, 0.2) is 18.2 Å². The average molecular weight is 335 g/mol. The van der Waals surface area contributed by atoms with E-state index in [-0.39, 0.29) is 17.9 Å². The molecule has 2 fully saturated rings. The van der Waals surface area contributed by atoms with Gasteiger partial charge in [0, 0.05) is 22.5 Å². The summed E-state index contributed by atoms with van der Waals surface area (Å²) in [7, 11) is 0. The molecule has 3 atom stereocenters. The summed E-state index contributed by atoms with van der Waals surface area (Å²) in [4.78, 5) is 12.7. The molecule has 1 aromatic rings. The maximum Gasteiger partial charge on any atom is 0.223 e. The number of fused-ring (bicyclic) bond motifs is 3. The van der Waals surface area contributed by atoms with Crippen LogP contribution >= 0.6 is 11.6 Å². The van der Waals surface area contributed by atoms with Crippen LogP contribution in [-0.4, -0.2) is 18.6 Å². The van der Waals surface area contributed by atoms with Crippen molar-refractivity contribution >= 4 is 17.5 Å². The van der Waals surface area contributed by atoms with Crippen LogP contribution in [0.1, 0.15) is 43.7 Å². The van der Waals surface area contributed by atoms with Gasteiger partial charge in [0.2, 0.25) is 5.91 Å². The van der Waals surface area contributed by atoms with Gasteiger partial charge in [-0.2, -0.15) is 0 Å². The molecule has 23 heavy (non-hydrogen) atoms. The number of hydrogen-bond donors (Lipinski definition) is 2. The highest BCUT2D eigenvalue weighted by atomic mass is 35.5. The molecule has 3 unspecified atom stereocenters. The lowest BCUT2D eigenvalue weighted by Crippen LogP contribution is -2.49. The predicted molar refractivity (Wildman–Crippen MR) is 89.4 cm³/mol. The van der Waals surface area contributed by atoms with Crippen LogP contribution in [-0.2, 0) is 4.79 Å². The molecule has 0 aromatic heterocycles. The monoisotopic (exact) mass is 334 g/mol. The van der Waals surface area contributed by atoms with Crippen molar-refractivity contribution in [2.75, 3.05) is 6.61 Å². The highest BCUT2D eigenvalue weighted by molar-refractivity contribution is 6.30. The van der Waals surface area contributed by atoms with Crippen LogP contribution in [0.5, 0.6) is 5.75 Å². The fraction of sp³-hybridized carbons (Fsp3) is 0.611. The summed E-state index contributed by atoms with van der Waals surface area (Å²) in [6, 6.07) is 5.77. The number of carbonyl (C=O) groups is 1. The van der Waals surface area contributed by atoms with E-state index < -0.39 is 0 Å². The molecule has 3 aliphatic rings. The third-order valence-electron chi connectivity index (χ3n) is 5.85. The lowest BCUT2D eigenvalue weighted by molar-refractivity contribution is -0.128. The predicted octanol–water partition coefficient (Wildman–Crippen LogP) is 3.04. The minimum absolute atomic E-state index is 0.0911. The van der Waals surface area contributed by atoms with E-state index in [1.165, 1.54) is 19.3 Å². The molecule has 5 heteroatoms. The quantitative estimate of drug-likeness (QED) is 0.873. The smallest absolute Gasteiger partial charge is 0.223 e. The number of amides is 1. The molecule has 124 valence electrons. The average Bonchev–Trinajstić information content (AvgIpc) is 2.89. The number of benzene rings is 1. The normalized spacial score (nSPS) is 35.3. The summed E-state index contributed by atoms with van der Waals surface area (Å²) in [6.45, 7) is 0.487. The molecule has 3 N–H and O–H groups in total. The maximum absolute atomic E-state index is 12.7. The number of halogens is 1. The largest absolute Gasteiger partial charge is 0.491 e. The zero-order valence-corrected chi connectivity index (χ0v) is 13.9. The highest BCUT2D eigenvalue weighted by Crippen LogP contribution is 2.42. The number of rotatable bonds is 2. The molecule has 4 nitrogen and oxygen atoms in total. The minimum atomic E-state index is -0.0911. The molecular formula is C18H23ClN2O2. The highest BCUT2D eigenvalue weighted by Gasteiger charge is 2.41. The van der Waals surface area contributed by atoms with Gasteiger partial charge in [-0.25, -0.2) is 0 Å². The van der Waals surface area contributed by atoms with Crippen molar-refractivity contribution in [2.24, 2.45) is 23.5 Å². The first-order valence-electron chi connectivity index (χ1n) is 8.60. The zero-order valence-electron chi connectivity index (χ0n) is 13.1. The molecule has 2 saturated carbocycles. The van der Waals surface area contributed by atoms with E-state index >= 15 is 0 Å². The van der Waals surface area contributed by atoms with Gasteiger partial charge in [-0.1, -0.05) is 18.0 Å². The number of nitrogens with two attached hydrogens (primary N) is 1. The van der Waals surface area contributed by atoms with Crippen molar-refractivity contribution in [3.05, 3.63) is 28.8 Å². The Hall–Kier alpha value is -1.26.